The van der Waals surface area contributed by atoms with Crippen molar-refractivity contribution in [1.82, 2.24) is 4.98 Å². The average Bonchev–Trinajstić information content (AvgIpc) is 2.90. The standard InChI is InChI=1S/C17H13N3O/c1-2-11-4-3-5-13(8-11)20-17(21)15-10-19-16-7-6-12(18)9-14(15)16/h1,3-10,19H,18H2,(H,20,21). The molecule has 0 aliphatic carbocycles. The number of amides is 1. The highest BCUT2D eigenvalue weighted by Crippen LogP contribution is 2.22. The lowest BCUT2D eigenvalue weighted by atomic mass is 10.1. The third kappa shape index (κ3) is 2.45. The van der Waals surface area contributed by atoms with Crippen molar-refractivity contribution in [2.45, 2.75) is 0 Å². The Bertz CT molecular complexity index is 871. The minimum absolute atomic E-state index is 0.207. The zero-order chi connectivity index (χ0) is 14.8. The van der Waals surface area contributed by atoms with E-state index in [4.69, 9.17) is 12.2 Å². The average molecular weight is 275 g/mol. The van der Waals surface area contributed by atoms with E-state index in [-0.39, 0.29) is 5.91 Å². The molecule has 0 saturated heterocycles. The van der Waals surface area contributed by atoms with Crippen LogP contribution in [0, 0.1) is 12.3 Å². The van der Waals surface area contributed by atoms with E-state index in [1.54, 1.807) is 36.5 Å². The van der Waals surface area contributed by atoms with Gasteiger partial charge in [-0.1, -0.05) is 12.0 Å². The molecule has 0 saturated carbocycles. The molecule has 2 aromatic carbocycles. The summed E-state index contributed by atoms with van der Waals surface area (Å²) >= 11 is 0. The van der Waals surface area contributed by atoms with E-state index < -0.39 is 0 Å². The number of carbonyl (C=O) groups is 1. The van der Waals surface area contributed by atoms with E-state index in [0.717, 1.165) is 16.5 Å². The largest absolute Gasteiger partial charge is 0.399 e. The number of aromatic amines is 1. The molecule has 1 aromatic heterocycles. The molecule has 0 radical (unpaired) electrons. The number of nitrogens with two attached hydrogens (primary N) is 1. The number of fused-ring (bicyclic) bond motifs is 1. The summed E-state index contributed by atoms with van der Waals surface area (Å²) in [5.74, 6) is 2.33. The molecular weight excluding hydrogens is 262 g/mol. The van der Waals surface area contributed by atoms with Crippen molar-refractivity contribution in [2.24, 2.45) is 0 Å². The van der Waals surface area contributed by atoms with Crippen LogP contribution in [-0.2, 0) is 0 Å². The molecular formula is C17H13N3O. The van der Waals surface area contributed by atoms with Crippen molar-refractivity contribution >= 4 is 28.2 Å². The number of H-pyrrole nitrogens is 1. The van der Waals surface area contributed by atoms with Crippen LogP contribution in [0.1, 0.15) is 15.9 Å². The van der Waals surface area contributed by atoms with Crippen LogP contribution in [0.4, 0.5) is 11.4 Å². The molecule has 0 aliphatic rings. The fourth-order valence-corrected chi connectivity index (χ4v) is 2.21. The highest BCUT2D eigenvalue weighted by atomic mass is 16.1. The first-order chi connectivity index (χ1) is 10.2. The molecule has 0 unspecified atom stereocenters. The van der Waals surface area contributed by atoms with Crippen LogP contribution in [0.25, 0.3) is 10.9 Å². The third-order valence-electron chi connectivity index (χ3n) is 3.24. The molecule has 0 atom stereocenters. The summed E-state index contributed by atoms with van der Waals surface area (Å²) in [7, 11) is 0. The first kappa shape index (κ1) is 12.8. The molecule has 3 rings (SSSR count). The van der Waals surface area contributed by atoms with Crippen LogP contribution < -0.4 is 11.1 Å². The number of hydrogen-bond acceptors (Lipinski definition) is 2. The first-order valence-electron chi connectivity index (χ1n) is 6.42. The number of rotatable bonds is 2. The molecule has 21 heavy (non-hydrogen) atoms. The number of nitrogens with one attached hydrogen (secondary N) is 2. The monoisotopic (exact) mass is 275 g/mol. The SMILES string of the molecule is C#Cc1cccc(NC(=O)c2c[nH]c3ccc(N)cc23)c1. The van der Waals surface area contributed by atoms with Crippen LogP contribution in [0.3, 0.4) is 0 Å². The Morgan fingerprint density at radius 1 is 1.24 bits per heavy atom. The predicted molar refractivity (Wildman–Crippen MR) is 85.0 cm³/mol. The maximum absolute atomic E-state index is 12.4. The molecule has 0 aliphatic heterocycles. The van der Waals surface area contributed by atoms with Crippen LogP contribution in [0.15, 0.2) is 48.7 Å². The second-order valence-corrected chi connectivity index (χ2v) is 4.69. The predicted octanol–water partition coefficient (Wildman–Crippen LogP) is 2.98. The van der Waals surface area contributed by atoms with Crippen LogP contribution in [0.2, 0.25) is 0 Å². The molecule has 1 amide bonds. The Morgan fingerprint density at radius 2 is 2.10 bits per heavy atom. The quantitative estimate of drug-likeness (QED) is 0.497. The van der Waals surface area contributed by atoms with Crippen LogP contribution in [-0.4, -0.2) is 10.9 Å². The van der Waals surface area contributed by atoms with Gasteiger partial charge in [-0.15, -0.1) is 6.42 Å². The van der Waals surface area contributed by atoms with Gasteiger partial charge in [-0.05, 0) is 36.4 Å². The second kappa shape index (κ2) is 5.06. The minimum Gasteiger partial charge on any atom is -0.399 e. The van der Waals surface area contributed by atoms with Gasteiger partial charge in [-0.2, -0.15) is 0 Å². The number of benzene rings is 2. The fourth-order valence-electron chi connectivity index (χ4n) is 2.21. The zero-order valence-corrected chi connectivity index (χ0v) is 11.2. The maximum atomic E-state index is 12.4. The topological polar surface area (TPSA) is 70.9 Å². The van der Waals surface area contributed by atoms with Crippen molar-refractivity contribution in [3.05, 3.63) is 59.8 Å². The van der Waals surface area contributed by atoms with Crippen molar-refractivity contribution in [3.8, 4) is 12.3 Å². The van der Waals surface area contributed by atoms with Gasteiger partial charge >= 0.3 is 0 Å². The molecule has 3 aromatic rings. The van der Waals surface area contributed by atoms with Gasteiger partial charge < -0.3 is 16.0 Å². The smallest absolute Gasteiger partial charge is 0.257 e. The number of terminal acetylenes is 1. The van der Waals surface area contributed by atoms with Crippen molar-refractivity contribution in [1.29, 1.82) is 0 Å². The molecule has 4 nitrogen and oxygen atoms in total. The molecule has 102 valence electrons. The van der Waals surface area contributed by atoms with Crippen molar-refractivity contribution in [2.75, 3.05) is 11.1 Å². The van der Waals surface area contributed by atoms with E-state index in [0.29, 0.717) is 16.9 Å². The van der Waals surface area contributed by atoms with E-state index >= 15 is 0 Å². The lowest BCUT2D eigenvalue weighted by molar-refractivity contribution is 0.102. The van der Waals surface area contributed by atoms with Gasteiger partial charge in [0.2, 0.25) is 0 Å². The van der Waals surface area contributed by atoms with E-state index in [1.807, 2.05) is 12.1 Å². The number of nitrogen functional groups attached to an aromatic ring is 1. The number of carbonyl (C=O) groups excluding carboxylic acids is 1. The summed E-state index contributed by atoms with van der Waals surface area (Å²) in [6.45, 7) is 0. The van der Waals surface area contributed by atoms with E-state index in [1.165, 1.54) is 0 Å². The highest BCUT2D eigenvalue weighted by molar-refractivity contribution is 6.13. The molecule has 0 fully saturated rings. The van der Waals surface area contributed by atoms with Gasteiger partial charge in [0.05, 0.1) is 5.56 Å². The van der Waals surface area contributed by atoms with E-state index in [9.17, 15) is 4.79 Å². The number of hydrogen-bond donors (Lipinski definition) is 3. The van der Waals surface area contributed by atoms with Crippen LogP contribution in [0.5, 0.6) is 0 Å². The summed E-state index contributed by atoms with van der Waals surface area (Å²) in [4.78, 5) is 15.4. The van der Waals surface area contributed by atoms with Gasteiger partial charge in [0, 0.05) is 34.0 Å². The Hall–Kier alpha value is -3.19. The normalized spacial score (nSPS) is 10.2. The molecule has 4 N–H and O–H groups in total. The fraction of sp³-hybridized carbons (Fsp3) is 0. The molecule has 0 bridgehead atoms. The molecule has 1 heterocycles. The summed E-state index contributed by atoms with van der Waals surface area (Å²) in [5.41, 5.74) is 9.18. The zero-order valence-electron chi connectivity index (χ0n) is 11.2. The third-order valence-corrected chi connectivity index (χ3v) is 3.24. The van der Waals surface area contributed by atoms with Gasteiger partial charge in [-0.3, -0.25) is 4.79 Å². The van der Waals surface area contributed by atoms with E-state index in [2.05, 4.69) is 16.2 Å². The van der Waals surface area contributed by atoms with Crippen molar-refractivity contribution in [3.63, 3.8) is 0 Å². The lowest BCUT2D eigenvalue weighted by Gasteiger charge is -2.05. The number of anilines is 2. The summed E-state index contributed by atoms with van der Waals surface area (Å²) in [6.07, 6.45) is 7.02. The summed E-state index contributed by atoms with van der Waals surface area (Å²) in [5, 5.41) is 3.63. The summed E-state index contributed by atoms with van der Waals surface area (Å²) < 4.78 is 0. The molecule has 4 heteroatoms. The first-order valence-corrected chi connectivity index (χ1v) is 6.42. The van der Waals surface area contributed by atoms with Gasteiger partial charge in [0.1, 0.15) is 0 Å². The Morgan fingerprint density at radius 3 is 2.90 bits per heavy atom. The highest BCUT2D eigenvalue weighted by Gasteiger charge is 2.12. The Kier molecular flexibility index (Phi) is 3.09. The Balaban J connectivity index is 1.94. The number of aromatic nitrogens is 1. The lowest BCUT2D eigenvalue weighted by Crippen LogP contribution is -2.11. The Labute approximate surface area is 122 Å². The van der Waals surface area contributed by atoms with Crippen LogP contribution >= 0.6 is 0 Å². The molecule has 0 spiro atoms. The minimum atomic E-state index is -0.207. The van der Waals surface area contributed by atoms with Gasteiger partial charge in [0.15, 0.2) is 0 Å². The van der Waals surface area contributed by atoms with Crippen molar-refractivity contribution < 1.29 is 4.79 Å². The second-order valence-electron chi connectivity index (χ2n) is 4.69. The van der Waals surface area contributed by atoms with Gasteiger partial charge in [-0.25, -0.2) is 0 Å². The summed E-state index contributed by atoms with van der Waals surface area (Å²) in [6, 6.07) is 12.6. The van der Waals surface area contributed by atoms with Gasteiger partial charge in [0.25, 0.3) is 5.91 Å². The maximum Gasteiger partial charge on any atom is 0.257 e.